The van der Waals surface area contributed by atoms with Crippen LogP contribution in [-0.4, -0.2) is 16.6 Å². The fourth-order valence-corrected chi connectivity index (χ4v) is 2.66. The predicted molar refractivity (Wildman–Crippen MR) is 81.5 cm³/mol. The van der Waals surface area contributed by atoms with Gasteiger partial charge in [0.25, 0.3) is 5.22 Å². The number of carbonyl (C=O) groups excluding carboxylic acids is 1. The van der Waals surface area contributed by atoms with Crippen molar-refractivity contribution in [1.82, 2.24) is 4.98 Å². The molecular weight excluding hydrogens is 321 g/mol. The monoisotopic (exact) mass is 331 g/mol. The summed E-state index contributed by atoms with van der Waals surface area (Å²) in [6, 6.07) is 3.04. The summed E-state index contributed by atoms with van der Waals surface area (Å²) in [5.41, 5.74) is 7.13. The van der Waals surface area contributed by atoms with E-state index in [9.17, 15) is 4.79 Å². The highest BCUT2D eigenvalue weighted by molar-refractivity contribution is 7.99. The number of nitrogens with one attached hydrogen (secondary N) is 1. The number of rotatable bonds is 4. The molecule has 0 saturated carbocycles. The molecule has 1 aromatic heterocycles. The zero-order chi connectivity index (χ0) is 14.7. The van der Waals surface area contributed by atoms with Crippen molar-refractivity contribution in [2.24, 2.45) is 0 Å². The van der Waals surface area contributed by atoms with E-state index in [0.29, 0.717) is 26.6 Å². The number of nitrogens with two attached hydrogens (primary N) is 1. The first-order valence-corrected chi connectivity index (χ1v) is 7.29. The molecule has 0 fully saturated rings. The van der Waals surface area contributed by atoms with Crippen LogP contribution < -0.4 is 11.1 Å². The Bertz CT molecular complexity index is 622. The number of amides is 1. The standard InChI is InChI=1S/C12H11Cl2N3O2S/c1-6-4-19-12(16-6)20-5-10(18)17-11-8(13)2-7(15)3-9(11)14/h2-4H,5,15H2,1H3,(H,17,18). The van der Waals surface area contributed by atoms with Crippen LogP contribution in [-0.2, 0) is 4.79 Å². The van der Waals surface area contributed by atoms with Crippen LogP contribution in [0.15, 0.2) is 28.0 Å². The molecule has 20 heavy (non-hydrogen) atoms. The second kappa shape index (κ2) is 6.39. The van der Waals surface area contributed by atoms with Crippen molar-refractivity contribution in [3.63, 3.8) is 0 Å². The van der Waals surface area contributed by atoms with Gasteiger partial charge in [-0.05, 0) is 19.1 Å². The van der Waals surface area contributed by atoms with Crippen LogP contribution in [0.4, 0.5) is 11.4 Å². The van der Waals surface area contributed by atoms with Crippen molar-refractivity contribution in [3.8, 4) is 0 Å². The fourth-order valence-electron chi connectivity index (χ4n) is 1.41. The van der Waals surface area contributed by atoms with Gasteiger partial charge in [0, 0.05) is 5.69 Å². The van der Waals surface area contributed by atoms with Crippen molar-refractivity contribution in [3.05, 3.63) is 34.1 Å². The minimum atomic E-state index is -0.264. The summed E-state index contributed by atoms with van der Waals surface area (Å²) >= 11 is 13.1. The Kier molecular flexibility index (Phi) is 4.80. The molecule has 0 atom stereocenters. The minimum Gasteiger partial charge on any atom is -0.440 e. The van der Waals surface area contributed by atoms with Gasteiger partial charge in [-0.15, -0.1) is 0 Å². The zero-order valence-corrected chi connectivity index (χ0v) is 12.8. The number of hydrogen-bond donors (Lipinski definition) is 2. The maximum atomic E-state index is 11.8. The highest BCUT2D eigenvalue weighted by Gasteiger charge is 2.12. The van der Waals surface area contributed by atoms with Crippen molar-refractivity contribution >= 4 is 52.2 Å². The summed E-state index contributed by atoms with van der Waals surface area (Å²) in [7, 11) is 0. The van der Waals surface area contributed by atoms with Crippen molar-refractivity contribution in [2.45, 2.75) is 12.1 Å². The lowest BCUT2D eigenvalue weighted by molar-refractivity contribution is -0.113. The van der Waals surface area contributed by atoms with Crippen molar-refractivity contribution in [1.29, 1.82) is 0 Å². The van der Waals surface area contributed by atoms with E-state index in [2.05, 4.69) is 10.3 Å². The molecule has 1 amide bonds. The third-order valence-electron chi connectivity index (χ3n) is 2.25. The lowest BCUT2D eigenvalue weighted by Gasteiger charge is -2.09. The topological polar surface area (TPSA) is 81.2 Å². The molecular formula is C12H11Cl2N3O2S. The molecule has 1 aromatic carbocycles. The van der Waals surface area contributed by atoms with Crippen LogP contribution in [0.1, 0.15) is 5.69 Å². The molecule has 8 heteroatoms. The van der Waals surface area contributed by atoms with E-state index in [1.165, 1.54) is 30.2 Å². The molecule has 0 aliphatic carbocycles. The first kappa shape index (κ1) is 15.0. The minimum absolute atomic E-state index is 0.136. The van der Waals surface area contributed by atoms with Gasteiger partial charge in [-0.1, -0.05) is 35.0 Å². The van der Waals surface area contributed by atoms with Gasteiger partial charge >= 0.3 is 0 Å². The van der Waals surface area contributed by atoms with Gasteiger partial charge in [-0.25, -0.2) is 4.98 Å². The lowest BCUT2D eigenvalue weighted by atomic mass is 10.3. The molecule has 0 aliphatic heterocycles. The first-order valence-electron chi connectivity index (χ1n) is 5.55. The van der Waals surface area contributed by atoms with E-state index in [1.54, 1.807) is 0 Å². The molecule has 2 rings (SSSR count). The average molecular weight is 332 g/mol. The molecule has 0 aliphatic rings. The SMILES string of the molecule is Cc1coc(SCC(=O)Nc2c(Cl)cc(N)cc2Cl)n1. The van der Waals surface area contributed by atoms with Crippen LogP contribution >= 0.6 is 35.0 Å². The molecule has 0 spiro atoms. The normalized spacial score (nSPS) is 10.6. The highest BCUT2D eigenvalue weighted by atomic mass is 35.5. The number of hydrogen-bond acceptors (Lipinski definition) is 5. The van der Waals surface area contributed by atoms with Gasteiger partial charge in [0.05, 0.1) is 27.2 Å². The number of aryl methyl sites for hydroxylation is 1. The Balaban J connectivity index is 1.98. The van der Waals surface area contributed by atoms with Gasteiger partial charge in [0.1, 0.15) is 6.26 Å². The predicted octanol–water partition coefficient (Wildman–Crippen LogP) is 3.60. The van der Waals surface area contributed by atoms with Gasteiger partial charge in [0.15, 0.2) is 0 Å². The number of halogens is 2. The second-order valence-electron chi connectivity index (χ2n) is 3.95. The Morgan fingerprint density at radius 1 is 1.45 bits per heavy atom. The average Bonchev–Trinajstić information content (AvgIpc) is 2.77. The quantitative estimate of drug-likeness (QED) is 0.660. The van der Waals surface area contributed by atoms with E-state index in [4.69, 9.17) is 33.4 Å². The van der Waals surface area contributed by atoms with E-state index in [-0.39, 0.29) is 11.7 Å². The molecule has 1 heterocycles. The fraction of sp³-hybridized carbons (Fsp3) is 0.167. The van der Waals surface area contributed by atoms with E-state index < -0.39 is 0 Å². The van der Waals surface area contributed by atoms with Crippen LogP contribution in [0, 0.1) is 6.92 Å². The third-order valence-corrected chi connectivity index (χ3v) is 3.69. The maximum absolute atomic E-state index is 11.8. The van der Waals surface area contributed by atoms with Crippen LogP contribution in [0.25, 0.3) is 0 Å². The van der Waals surface area contributed by atoms with Crippen LogP contribution in [0.5, 0.6) is 0 Å². The molecule has 2 aromatic rings. The zero-order valence-electron chi connectivity index (χ0n) is 10.4. The van der Waals surface area contributed by atoms with Gasteiger partial charge in [0.2, 0.25) is 5.91 Å². The van der Waals surface area contributed by atoms with Gasteiger partial charge in [-0.2, -0.15) is 0 Å². The smallest absolute Gasteiger partial charge is 0.256 e. The molecule has 0 bridgehead atoms. The molecule has 5 nitrogen and oxygen atoms in total. The van der Waals surface area contributed by atoms with E-state index in [1.807, 2.05) is 6.92 Å². The Morgan fingerprint density at radius 3 is 2.65 bits per heavy atom. The van der Waals surface area contributed by atoms with Crippen molar-refractivity contribution < 1.29 is 9.21 Å². The first-order chi connectivity index (χ1) is 9.45. The van der Waals surface area contributed by atoms with E-state index in [0.717, 1.165) is 5.69 Å². The summed E-state index contributed by atoms with van der Waals surface area (Å²) < 4.78 is 5.13. The number of thioether (sulfide) groups is 1. The summed E-state index contributed by atoms with van der Waals surface area (Å²) in [6.45, 7) is 1.81. The number of oxazole rings is 1. The molecule has 0 unspecified atom stereocenters. The number of carbonyl (C=O) groups is 1. The number of nitrogens with zero attached hydrogens (tertiary/aromatic N) is 1. The van der Waals surface area contributed by atoms with Gasteiger partial charge in [-0.3, -0.25) is 4.79 Å². The molecule has 106 valence electrons. The van der Waals surface area contributed by atoms with Gasteiger partial charge < -0.3 is 15.5 Å². The maximum Gasteiger partial charge on any atom is 0.256 e. The Morgan fingerprint density at radius 2 is 2.10 bits per heavy atom. The van der Waals surface area contributed by atoms with Crippen molar-refractivity contribution in [2.75, 3.05) is 16.8 Å². The number of anilines is 2. The number of benzene rings is 1. The van der Waals surface area contributed by atoms with E-state index >= 15 is 0 Å². The summed E-state index contributed by atoms with van der Waals surface area (Å²) in [5.74, 6) is -0.129. The molecule has 3 N–H and O–H groups in total. The second-order valence-corrected chi connectivity index (χ2v) is 5.69. The summed E-state index contributed by atoms with van der Waals surface area (Å²) in [4.78, 5) is 15.9. The third kappa shape index (κ3) is 3.82. The Hall–Kier alpha value is -1.37. The number of nitrogen functional groups attached to an aromatic ring is 1. The largest absolute Gasteiger partial charge is 0.440 e. The lowest BCUT2D eigenvalue weighted by Crippen LogP contribution is -2.14. The number of aromatic nitrogens is 1. The Labute approximate surface area is 129 Å². The highest BCUT2D eigenvalue weighted by Crippen LogP contribution is 2.33. The van der Waals surface area contributed by atoms with Crippen LogP contribution in [0.3, 0.4) is 0 Å². The molecule has 0 saturated heterocycles. The molecule has 0 radical (unpaired) electrons. The van der Waals surface area contributed by atoms with Crippen LogP contribution in [0.2, 0.25) is 10.0 Å². The summed E-state index contributed by atoms with van der Waals surface area (Å²) in [5, 5.41) is 3.66. The summed E-state index contributed by atoms with van der Waals surface area (Å²) in [6.07, 6.45) is 1.52.